The smallest absolute Gasteiger partial charge is 0.183 e. The van der Waals surface area contributed by atoms with Crippen molar-refractivity contribution in [3.05, 3.63) is 48.7 Å². The van der Waals surface area contributed by atoms with Crippen molar-refractivity contribution in [2.75, 3.05) is 0 Å². The summed E-state index contributed by atoms with van der Waals surface area (Å²) >= 11 is 0. The standard InChI is InChI=1S/C15H18O/c1-3-5-6-10-13-15(16-4-2)14-11-8-7-9-12-14/h4,7-9,11-12,15H,2-3,5-6H2,1H3. The largest absolute Gasteiger partial charge is 0.481 e. The Morgan fingerprint density at radius 2 is 2.12 bits per heavy atom. The van der Waals surface area contributed by atoms with Crippen LogP contribution in [-0.2, 0) is 4.74 Å². The Bertz CT molecular complexity index is 356. The molecule has 0 heterocycles. The van der Waals surface area contributed by atoms with Gasteiger partial charge in [-0.3, -0.25) is 0 Å². The van der Waals surface area contributed by atoms with Crippen molar-refractivity contribution in [1.82, 2.24) is 0 Å². The Balaban J connectivity index is 2.66. The van der Waals surface area contributed by atoms with E-state index in [0.717, 1.165) is 18.4 Å². The first-order chi connectivity index (χ1) is 7.88. The van der Waals surface area contributed by atoms with Crippen molar-refractivity contribution in [1.29, 1.82) is 0 Å². The third-order valence-electron chi connectivity index (χ3n) is 2.22. The Morgan fingerprint density at radius 3 is 2.75 bits per heavy atom. The van der Waals surface area contributed by atoms with Gasteiger partial charge in [0.2, 0.25) is 0 Å². The molecule has 0 bridgehead atoms. The average molecular weight is 214 g/mol. The molecule has 0 spiro atoms. The van der Waals surface area contributed by atoms with E-state index in [4.69, 9.17) is 4.74 Å². The molecule has 0 aromatic heterocycles. The topological polar surface area (TPSA) is 9.23 Å². The lowest BCUT2D eigenvalue weighted by Crippen LogP contribution is -1.96. The number of hydrogen-bond acceptors (Lipinski definition) is 1. The first kappa shape index (κ1) is 12.4. The summed E-state index contributed by atoms with van der Waals surface area (Å²) in [6.45, 7) is 5.74. The van der Waals surface area contributed by atoms with E-state index in [-0.39, 0.29) is 6.10 Å². The van der Waals surface area contributed by atoms with Crippen LogP contribution in [0.3, 0.4) is 0 Å². The van der Waals surface area contributed by atoms with Crippen LogP contribution in [0, 0.1) is 11.8 Å². The van der Waals surface area contributed by atoms with E-state index >= 15 is 0 Å². The second kappa shape index (κ2) is 7.59. The molecule has 1 aromatic rings. The minimum atomic E-state index is -0.185. The molecule has 84 valence electrons. The fourth-order valence-corrected chi connectivity index (χ4v) is 1.35. The monoisotopic (exact) mass is 214 g/mol. The minimum absolute atomic E-state index is 0.185. The van der Waals surface area contributed by atoms with Crippen LogP contribution in [0.15, 0.2) is 43.2 Å². The zero-order chi connectivity index (χ0) is 11.6. The summed E-state index contributed by atoms with van der Waals surface area (Å²) in [5, 5.41) is 0. The maximum absolute atomic E-state index is 5.40. The summed E-state index contributed by atoms with van der Waals surface area (Å²) in [6.07, 6.45) is 4.51. The zero-order valence-electron chi connectivity index (χ0n) is 9.78. The van der Waals surface area contributed by atoms with E-state index in [2.05, 4.69) is 25.3 Å². The summed E-state index contributed by atoms with van der Waals surface area (Å²) in [5.74, 6) is 6.28. The van der Waals surface area contributed by atoms with Gasteiger partial charge in [0, 0.05) is 12.0 Å². The van der Waals surface area contributed by atoms with Crippen LogP contribution >= 0.6 is 0 Å². The van der Waals surface area contributed by atoms with Gasteiger partial charge in [-0.2, -0.15) is 0 Å². The van der Waals surface area contributed by atoms with Crippen molar-refractivity contribution >= 4 is 0 Å². The molecular formula is C15H18O. The van der Waals surface area contributed by atoms with Crippen LogP contribution in [0.1, 0.15) is 37.9 Å². The van der Waals surface area contributed by atoms with Gasteiger partial charge in [-0.15, -0.1) is 0 Å². The predicted molar refractivity (Wildman–Crippen MR) is 67.8 cm³/mol. The maximum atomic E-state index is 5.40. The molecule has 0 fully saturated rings. The summed E-state index contributed by atoms with van der Waals surface area (Å²) in [6, 6.07) is 10.00. The van der Waals surface area contributed by atoms with Gasteiger partial charge in [-0.25, -0.2) is 0 Å². The summed E-state index contributed by atoms with van der Waals surface area (Å²) in [4.78, 5) is 0. The normalized spacial score (nSPS) is 11.1. The molecule has 0 aliphatic carbocycles. The molecule has 0 saturated carbocycles. The van der Waals surface area contributed by atoms with Crippen molar-refractivity contribution in [3.8, 4) is 11.8 Å². The third kappa shape index (κ3) is 4.23. The number of ether oxygens (including phenoxy) is 1. The van der Waals surface area contributed by atoms with Gasteiger partial charge < -0.3 is 4.74 Å². The van der Waals surface area contributed by atoms with Crippen molar-refractivity contribution in [2.24, 2.45) is 0 Å². The fraction of sp³-hybridized carbons (Fsp3) is 0.333. The number of hydrogen-bond donors (Lipinski definition) is 0. The second-order valence-electron chi connectivity index (χ2n) is 3.52. The molecule has 0 radical (unpaired) electrons. The molecule has 1 atom stereocenters. The van der Waals surface area contributed by atoms with Gasteiger partial charge in [0.25, 0.3) is 0 Å². The Hall–Kier alpha value is -1.68. The quantitative estimate of drug-likeness (QED) is 0.407. The van der Waals surface area contributed by atoms with E-state index in [9.17, 15) is 0 Å². The number of benzene rings is 1. The highest BCUT2D eigenvalue weighted by molar-refractivity contribution is 5.25. The van der Waals surface area contributed by atoms with E-state index in [1.807, 2.05) is 30.3 Å². The fourth-order valence-electron chi connectivity index (χ4n) is 1.35. The van der Waals surface area contributed by atoms with Crippen LogP contribution in [0.4, 0.5) is 0 Å². The molecule has 0 aliphatic rings. The lowest BCUT2D eigenvalue weighted by atomic mass is 10.1. The molecule has 1 unspecified atom stereocenters. The third-order valence-corrected chi connectivity index (χ3v) is 2.22. The summed E-state index contributed by atoms with van der Waals surface area (Å²) in [7, 11) is 0. The highest BCUT2D eigenvalue weighted by atomic mass is 16.5. The lowest BCUT2D eigenvalue weighted by Gasteiger charge is -2.09. The predicted octanol–water partition coefficient (Wildman–Crippen LogP) is 4.08. The molecule has 1 nitrogen and oxygen atoms in total. The zero-order valence-corrected chi connectivity index (χ0v) is 9.78. The summed E-state index contributed by atoms with van der Waals surface area (Å²) in [5.41, 5.74) is 1.08. The van der Waals surface area contributed by atoms with Gasteiger partial charge in [0.05, 0.1) is 6.26 Å². The van der Waals surface area contributed by atoms with E-state index in [0.29, 0.717) is 0 Å². The lowest BCUT2D eigenvalue weighted by molar-refractivity contribution is 0.199. The Morgan fingerprint density at radius 1 is 1.38 bits per heavy atom. The first-order valence-electron chi connectivity index (χ1n) is 5.68. The van der Waals surface area contributed by atoms with Crippen LogP contribution in [0.5, 0.6) is 0 Å². The molecular weight excluding hydrogens is 196 g/mol. The summed E-state index contributed by atoms with van der Waals surface area (Å²) < 4.78 is 5.40. The van der Waals surface area contributed by atoms with Gasteiger partial charge in [0.1, 0.15) is 0 Å². The Labute approximate surface area is 98.1 Å². The van der Waals surface area contributed by atoms with Crippen molar-refractivity contribution < 1.29 is 4.74 Å². The minimum Gasteiger partial charge on any atom is -0.481 e. The van der Waals surface area contributed by atoms with Gasteiger partial charge in [0.15, 0.2) is 6.10 Å². The van der Waals surface area contributed by atoms with E-state index in [1.54, 1.807) is 0 Å². The van der Waals surface area contributed by atoms with Gasteiger partial charge >= 0.3 is 0 Å². The molecule has 0 aliphatic heterocycles. The molecule has 0 saturated heterocycles. The average Bonchev–Trinajstić information content (AvgIpc) is 2.34. The maximum Gasteiger partial charge on any atom is 0.183 e. The molecule has 1 heteroatoms. The van der Waals surface area contributed by atoms with Crippen LogP contribution < -0.4 is 0 Å². The number of rotatable bonds is 5. The van der Waals surface area contributed by atoms with Crippen molar-refractivity contribution in [2.45, 2.75) is 32.3 Å². The Kier molecular flexibility index (Phi) is 5.88. The van der Waals surface area contributed by atoms with Crippen molar-refractivity contribution in [3.63, 3.8) is 0 Å². The second-order valence-corrected chi connectivity index (χ2v) is 3.52. The molecule has 1 rings (SSSR count). The molecule has 0 N–H and O–H groups in total. The van der Waals surface area contributed by atoms with Crippen LogP contribution in [0.2, 0.25) is 0 Å². The van der Waals surface area contributed by atoms with E-state index in [1.165, 1.54) is 12.7 Å². The highest BCUT2D eigenvalue weighted by Gasteiger charge is 2.05. The number of unbranched alkanes of at least 4 members (excludes halogenated alkanes) is 2. The molecule has 1 aromatic carbocycles. The van der Waals surface area contributed by atoms with Crippen LogP contribution in [0.25, 0.3) is 0 Å². The van der Waals surface area contributed by atoms with Gasteiger partial charge in [-0.05, 0) is 6.42 Å². The molecule has 0 amide bonds. The van der Waals surface area contributed by atoms with E-state index < -0.39 is 0 Å². The molecule has 16 heavy (non-hydrogen) atoms. The van der Waals surface area contributed by atoms with Crippen LogP contribution in [-0.4, -0.2) is 0 Å². The SMILES string of the molecule is C=COC(C#CCCCC)c1ccccc1. The highest BCUT2D eigenvalue weighted by Crippen LogP contribution is 2.16. The first-order valence-corrected chi connectivity index (χ1v) is 5.68. The van der Waals surface area contributed by atoms with Gasteiger partial charge in [-0.1, -0.05) is 62.1 Å².